The number of pyridine rings is 1. The first kappa shape index (κ1) is 10.8. The van der Waals surface area contributed by atoms with E-state index >= 15 is 0 Å². The number of aromatic nitrogens is 1. The van der Waals surface area contributed by atoms with Crippen LogP contribution in [0.25, 0.3) is 0 Å². The number of nitrogens with zero attached hydrogens (tertiary/aromatic N) is 2. The highest BCUT2D eigenvalue weighted by Gasteiger charge is 1.91. The van der Waals surface area contributed by atoms with Crippen LogP contribution in [0.3, 0.4) is 0 Å². The van der Waals surface area contributed by atoms with Crippen LogP contribution in [0.1, 0.15) is 11.1 Å². The molecular formula is C13H11ClN2. The summed E-state index contributed by atoms with van der Waals surface area (Å²) in [5, 5.41) is 0.727. The summed E-state index contributed by atoms with van der Waals surface area (Å²) in [6, 6.07) is 11.4. The Morgan fingerprint density at radius 2 is 1.88 bits per heavy atom. The molecule has 1 aromatic heterocycles. The molecular weight excluding hydrogens is 220 g/mol. The zero-order chi connectivity index (χ0) is 11.4. The molecule has 0 fully saturated rings. The van der Waals surface area contributed by atoms with E-state index in [1.807, 2.05) is 43.3 Å². The number of halogens is 1. The van der Waals surface area contributed by atoms with Gasteiger partial charge in [-0.25, -0.2) is 9.98 Å². The normalized spacial score (nSPS) is 10.9. The smallest absolute Gasteiger partial charge is 0.151 e. The summed E-state index contributed by atoms with van der Waals surface area (Å²) in [6.45, 7) is 2.00. The van der Waals surface area contributed by atoms with Crippen molar-refractivity contribution in [2.75, 3.05) is 0 Å². The highest BCUT2D eigenvalue weighted by atomic mass is 35.5. The van der Waals surface area contributed by atoms with E-state index in [4.69, 9.17) is 11.6 Å². The van der Waals surface area contributed by atoms with Gasteiger partial charge in [-0.1, -0.05) is 29.8 Å². The molecule has 0 bridgehead atoms. The Kier molecular flexibility index (Phi) is 3.32. The molecule has 0 atom stereocenters. The summed E-state index contributed by atoms with van der Waals surface area (Å²) < 4.78 is 0. The zero-order valence-electron chi connectivity index (χ0n) is 8.89. The summed E-state index contributed by atoms with van der Waals surface area (Å²) in [5.74, 6) is 0.709. The van der Waals surface area contributed by atoms with Crippen LogP contribution in [0.5, 0.6) is 0 Å². The molecule has 0 spiro atoms. The van der Waals surface area contributed by atoms with Crippen LogP contribution in [-0.2, 0) is 0 Å². The third-order valence-electron chi connectivity index (χ3n) is 2.11. The van der Waals surface area contributed by atoms with Gasteiger partial charge in [-0.15, -0.1) is 0 Å². The van der Waals surface area contributed by atoms with Crippen LogP contribution in [0.2, 0.25) is 5.02 Å². The molecule has 0 unspecified atom stereocenters. The standard InChI is InChI=1S/C13H11ClN2/c1-10-2-7-13(15-8-10)16-9-11-3-5-12(14)6-4-11/h2-9H,1H3. The van der Waals surface area contributed by atoms with E-state index in [0.717, 1.165) is 16.1 Å². The van der Waals surface area contributed by atoms with Gasteiger partial charge >= 0.3 is 0 Å². The lowest BCUT2D eigenvalue weighted by Gasteiger charge is -1.95. The lowest BCUT2D eigenvalue weighted by molar-refractivity contribution is 1.24. The van der Waals surface area contributed by atoms with Crippen molar-refractivity contribution >= 4 is 23.6 Å². The molecule has 0 saturated carbocycles. The second kappa shape index (κ2) is 4.90. The minimum atomic E-state index is 0.709. The second-order valence-corrected chi connectivity index (χ2v) is 3.94. The summed E-state index contributed by atoms with van der Waals surface area (Å²) in [7, 11) is 0. The number of hydrogen-bond donors (Lipinski definition) is 0. The van der Waals surface area contributed by atoms with Crippen molar-refractivity contribution in [3.05, 3.63) is 58.7 Å². The van der Waals surface area contributed by atoms with Crippen molar-refractivity contribution in [3.63, 3.8) is 0 Å². The average Bonchev–Trinajstić information content (AvgIpc) is 2.30. The topological polar surface area (TPSA) is 25.2 Å². The van der Waals surface area contributed by atoms with Gasteiger partial charge < -0.3 is 0 Å². The van der Waals surface area contributed by atoms with E-state index in [0.29, 0.717) is 5.82 Å². The first-order valence-electron chi connectivity index (χ1n) is 4.96. The van der Waals surface area contributed by atoms with Crippen molar-refractivity contribution < 1.29 is 0 Å². The third-order valence-corrected chi connectivity index (χ3v) is 2.36. The van der Waals surface area contributed by atoms with E-state index in [1.54, 1.807) is 12.4 Å². The van der Waals surface area contributed by atoms with Crippen molar-refractivity contribution in [1.82, 2.24) is 4.98 Å². The highest BCUT2D eigenvalue weighted by Crippen LogP contribution is 2.10. The van der Waals surface area contributed by atoms with E-state index in [2.05, 4.69) is 9.98 Å². The van der Waals surface area contributed by atoms with Crippen molar-refractivity contribution in [2.45, 2.75) is 6.92 Å². The number of aliphatic imine (C=N–C) groups is 1. The first-order valence-corrected chi connectivity index (χ1v) is 5.34. The van der Waals surface area contributed by atoms with Crippen LogP contribution < -0.4 is 0 Å². The van der Waals surface area contributed by atoms with Crippen molar-refractivity contribution in [1.29, 1.82) is 0 Å². The van der Waals surface area contributed by atoms with Crippen LogP contribution in [-0.4, -0.2) is 11.2 Å². The van der Waals surface area contributed by atoms with Crippen LogP contribution >= 0.6 is 11.6 Å². The van der Waals surface area contributed by atoms with E-state index in [9.17, 15) is 0 Å². The van der Waals surface area contributed by atoms with Gasteiger partial charge in [0, 0.05) is 17.4 Å². The van der Waals surface area contributed by atoms with Gasteiger partial charge in [-0.2, -0.15) is 0 Å². The third kappa shape index (κ3) is 2.91. The molecule has 0 aliphatic heterocycles. The number of rotatable bonds is 2. The Hall–Kier alpha value is -1.67. The Labute approximate surface area is 99.6 Å². The van der Waals surface area contributed by atoms with Crippen LogP contribution in [0, 0.1) is 6.92 Å². The highest BCUT2D eigenvalue weighted by molar-refractivity contribution is 6.30. The fourth-order valence-electron chi connectivity index (χ4n) is 1.23. The summed E-state index contributed by atoms with van der Waals surface area (Å²) in [6.07, 6.45) is 3.57. The molecule has 16 heavy (non-hydrogen) atoms. The second-order valence-electron chi connectivity index (χ2n) is 3.50. The Bertz CT molecular complexity index is 439. The summed E-state index contributed by atoms with van der Waals surface area (Å²) in [5.41, 5.74) is 2.14. The Morgan fingerprint density at radius 1 is 1.12 bits per heavy atom. The largest absolute Gasteiger partial charge is 0.237 e. The Balaban J connectivity index is 2.15. The number of benzene rings is 1. The van der Waals surface area contributed by atoms with Gasteiger partial charge in [0.25, 0.3) is 0 Å². The summed E-state index contributed by atoms with van der Waals surface area (Å²) in [4.78, 5) is 8.45. The minimum absolute atomic E-state index is 0.709. The molecule has 1 heterocycles. The van der Waals surface area contributed by atoms with Crippen molar-refractivity contribution in [3.8, 4) is 0 Å². The predicted octanol–water partition coefficient (Wildman–Crippen LogP) is 3.79. The minimum Gasteiger partial charge on any atom is -0.237 e. The van der Waals surface area contributed by atoms with E-state index in [-0.39, 0.29) is 0 Å². The SMILES string of the molecule is Cc1ccc(N=Cc2ccc(Cl)cc2)nc1. The molecule has 80 valence electrons. The fourth-order valence-corrected chi connectivity index (χ4v) is 1.35. The molecule has 3 heteroatoms. The molecule has 0 amide bonds. The van der Waals surface area contributed by atoms with E-state index < -0.39 is 0 Å². The maximum Gasteiger partial charge on any atom is 0.151 e. The quantitative estimate of drug-likeness (QED) is 0.721. The molecule has 0 saturated heterocycles. The maximum absolute atomic E-state index is 5.79. The molecule has 2 aromatic rings. The van der Waals surface area contributed by atoms with Gasteiger partial charge in [-0.05, 0) is 36.2 Å². The maximum atomic E-state index is 5.79. The van der Waals surface area contributed by atoms with Gasteiger partial charge in [0.2, 0.25) is 0 Å². The Morgan fingerprint density at radius 3 is 2.50 bits per heavy atom. The lowest BCUT2D eigenvalue weighted by atomic mass is 10.2. The molecule has 0 N–H and O–H groups in total. The van der Waals surface area contributed by atoms with Crippen LogP contribution in [0.15, 0.2) is 47.6 Å². The van der Waals surface area contributed by atoms with Crippen molar-refractivity contribution in [2.24, 2.45) is 4.99 Å². The fraction of sp³-hybridized carbons (Fsp3) is 0.0769. The lowest BCUT2D eigenvalue weighted by Crippen LogP contribution is -1.81. The number of hydrogen-bond acceptors (Lipinski definition) is 2. The zero-order valence-corrected chi connectivity index (χ0v) is 9.65. The molecule has 2 rings (SSSR count). The predicted molar refractivity (Wildman–Crippen MR) is 67.7 cm³/mol. The van der Waals surface area contributed by atoms with Gasteiger partial charge in [-0.3, -0.25) is 0 Å². The molecule has 0 aliphatic rings. The monoisotopic (exact) mass is 230 g/mol. The van der Waals surface area contributed by atoms with Gasteiger partial charge in [0.1, 0.15) is 0 Å². The average molecular weight is 231 g/mol. The molecule has 2 nitrogen and oxygen atoms in total. The summed E-state index contributed by atoms with van der Waals surface area (Å²) >= 11 is 5.79. The van der Waals surface area contributed by atoms with E-state index in [1.165, 1.54) is 0 Å². The first-order chi connectivity index (χ1) is 7.74. The molecule has 0 radical (unpaired) electrons. The van der Waals surface area contributed by atoms with Gasteiger partial charge in [0.05, 0.1) is 0 Å². The molecule has 1 aromatic carbocycles. The number of aryl methyl sites for hydroxylation is 1. The molecule has 0 aliphatic carbocycles. The van der Waals surface area contributed by atoms with Gasteiger partial charge in [0.15, 0.2) is 5.82 Å². The van der Waals surface area contributed by atoms with Crippen LogP contribution in [0.4, 0.5) is 5.82 Å².